The molecule has 3 N–H and O–H groups in total. The Balaban J connectivity index is 1.68. The van der Waals surface area contributed by atoms with Gasteiger partial charge in [0.2, 0.25) is 0 Å². The van der Waals surface area contributed by atoms with Gasteiger partial charge in [0.05, 0.1) is 11.4 Å². The predicted molar refractivity (Wildman–Crippen MR) is 76.5 cm³/mol. The Morgan fingerprint density at radius 3 is 3.21 bits per heavy atom. The number of hydrogen-bond acceptors (Lipinski definition) is 5. The minimum Gasteiger partial charge on any atom is -0.324 e. The van der Waals surface area contributed by atoms with Crippen molar-refractivity contribution in [3.8, 4) is 0 Å². The lowest BCUT2D eigenvalue weighted by Crippen LogP contribution is -2.54. The van der Waals surface area contributed by atoms with Crippen LogP contribution in [0, 0.1) is 0 Å². The standard InChI is InChI=1S/C14H23N5/c1-11-8-18-6-2-3-14(18)10-19(11)9-13-7-12(17-15)4-5-16-13/h4-5,7,11,14H,2-3,6,8-10,15H2,1H3,(H,16,17). The SMILES string of the molecule is CC1CN2CCCC2CN1Cc1cc(NN)ccn1. The number of rotatable bonds is 3. The van der Waals surface area contributed by atoms with Crippen molar-refractivity contribution >= 4 is 5.69 Å². The Morgan fingerprint density at radius 2 is 2.37 bits per heavy atom. The van der Waals surface area contributed by atoms with Crippen molar-refractivity contribution in [3.63, 3.8) is 0 Å². The first-order valence-corrected chi connectivity index (χ1v) is 7.16. The van der Waals surface area contributed by atoms with E-state index in [1.807, 2.05) is 18.3 Å². The Hall–Kier alpha value is -1.17. The number of nitrogen functional groups attached to an aromatic ring is 1. The zero-order valence-electron chi connectivity index (χ0n) is 11.5. The van der Waals surface area contributed by atoms with Gasteiger partial charge >= 0.3 is 0 Å². The molecule has 0 aliphatic carbocycles. The van der Waals surface area contributed by atoms with Crippen LogP contribution in [0.4, 0.5) is 5.69 Å². The van der Waals surface area contributed by atoms with E-state index in [0.717, 1.165) is 24.0 Å². The number of nitrogens with one attached hydrogen (secondary N) is 1. The Bertz CT molecular complexity index is 436. The number of anilines is 1. The topological polar surface area (TPSA) is 57.4 Å². The Labute approximate surface area is 114 Å². The maximum atomic E-state index is 5.45. The molecule has 5 heteroatoms. The summed E-state index contributed by atoms with van der Waals surface area (Å²) in [5, 5.41) is 0. The summed E-state index contributed by atoms with van der Waals surface area (Å²) in [7, 11) is 0. The van der Waals surface area contributed by atoms with Gasteiger partial charge in [-0.05, 0) is 38.4 Å². The zero-order valence-corrected chi connectivity index (χ0v) is 11.5. The van der Waals surface area contributed by atoms with Gasteiger partial charge in [-0.2, -0.15) is 0 Å². The van der Waals surface area contributed by atoms with Crippen molar-refractivity contribution in [1.82, 2.24) is 14.8 Å². The van der Waals surface area contributed by atoms with E-state index >= 15 is 0 Å². The number of hydrazine groups is 1. The quantitative estimate of drug-likeness (QED) is 0.629. The van der Waals surface area contributed by atoms with Crippen molar-refractivity contribution in [3.05, 3.63) is 24.0 Å². The van der Waals surface area contributed by atoms with E-state index in [1.165, 1.54) is 32.5 Å². The molecule has 1 aromatic rings. The summed E-state index contributed by atoms with van der Waals surface area (Å²) in [5.41, 5.74) is 4.71. The van der Waals surface area contributed by atoms with Gasteiger partial charge in [0.15, 0.2) is 0 Å². The largest absolute Gasteiger partial charge is 0.324 e. The summed E-state index contributed by atoms with van der Waals surface area (Å²) in [6.07, 6.45) is 4.53. The smallest absolute Gasteiger partial charge is 0.0565 e. The van der Waals surface area contributed by atoms with E-state index < -0.39 is 0 Å². The van der Waals surface area contributed by atoms with Crippen molar-refractivity contribution in [2.24, 2.45) is 5.84 Å². The molecule has 0 bridgehead atoms. The van der Waals surface area contributed by atoms with Crippen LogP contribution in [0.5, 0.6) is 0 Å². The first-order valence-electron chi connectivity index (χ1n) is 7.16. The first-order chi connectivity index (χ1) is 9.26. The van der Waals surface area contributed by atoms with Gasteiger partial charge in [-0.3, -0.25) is 20.6 Å². The molecule has 0 aromatic carbocycles. The molecule has 0 saturated carbocycles. The lowest BCUT2D eigenvalue weighted by atomic mass is 10.1. The van der Waals surface area contributed by atoms with Crippen LogP contribution >= 0.6 is 0 Å². The van der Waals surface area contributed by atoms with Crippen LogP contribution in [-0.2, 0) is 6.54 Å². The van der Waals surface area contributed by atoms with Crippen molar-refractivity contribution in [1.29, 1.82) is 0 Å². The van der Waals surface area contributed by atoms with E-state index in [1.54, 1.807) is 0 Å². The Kier molecular flexibility index (Phi) is 3.68. The van der Waals surface area contributed by atoms with E-state index in [4.69, 9.17) is 5.84 Å². The second kappa shape index (κ2) is 5.45. The molecular weight excluding hydrogens is 238 g/mol. The number of aromatic nitrogens is 1. The lowest BCUT2D eigenvalue weighted by molar-refractivity contribution is 0.0532. The van der Waals surface area contributed by atoms with Crippen LogP contribution in [0.25, 0.3) is 0 Å². The molecule has 104 valence electrons. The van der Waals surface area contributed by atoms with E-state index in [2.05, 4.69) is 27.1 Å². The van der Waals surface area contributed by atoms with Crippen LogP contribution < -0.4 is 11.3 Å². The van der Waals surface area contributed by atoms with Gasteiger partial charge in [0.25, 0.3) is 0 Å². The van der Waals surface area contributed by atoms with Crippen molar-refractivity contribution in [2.75, 3.05) is 25.1 Å². The number of nitrogens with two attached hydrogens (primary N) is 1. The number of nitrogens with zero attached hydrogens (tertiary/aromatic N) is 3. The molecule has 2 fully saturated rings. The highest BCUT2D eigenvalue weighted by Gasteiger charge is 2.34. The molecule has 3 heterocycles. The van der Waals surface area contributed by atoms with E-state index in [0.29, 0.717) is 6.04 Å². The summed E-state index contributed by atoms with van der Waals surface area (Å²) < 4.78 is 0. The van der Waals surface area contributed by atoms with Gasteiger partial charge in [-0.15, -0.1) is 0 Å². The molecule has 2 aliphatic rings. The molecule has 2 atom stereocenters. The molecular formula is C14H23N5. The molecule has 19 heavy (non-hydrogen) atoms. The van der Waals surface area contributed by atoms with Crippen LogP contribution in [0.3, 0.4) is 0 Å². The van der Waals surface area contributed by atoms with Gasteiger partial charge < -0.3 is 5.43 Å². The van der Waals surface area contributed by atoms with E-state index in [-0.39, 0.29) is 0 Å². The first kappa shape index (κ1) is 12.8. The predicted octanol–water partition coefficient (Wildman–Crippen LogP) is 1.04. The number of fused-ring (bicyclic) bond motifs is 1. The summed E-state index contributed by atoms with van der Waals surface area (Å²) in [5.74, 6) is 5.45. The highest BCUT2D eigenvalue weighted by atomic mass is 15.3. The van der Waals surface area contributed by atoms with Gasteiger partial charge in [0.1, 0.15) is 0 Å². The van der Waals surface area contributed by atoms with Crippen LogP contribution in [0.1, 0.15) is 25.5 Å². The molecule has 1 aromatic heterocycles. The average Bonchev–Trinajstić information content (AvgIpc) is 2.86. The van der Waals surface area contributed by atoms with Crippen LogP contribution in [-0.4, -0.2) is 46.5 Å². The fourth-order valence-electron chi connectivity index (χ4n) is 3.33. The maximum absolute atomic E-state index is 5.45. The Morgan fingerprint density at radius 1 is 1.47 bits per heavy atom. The molecule has 0 radical (unpaired) electrons. The minimum absolute atomic E-state index is 0.602. The fourth-order valence-corrected chi connectivity index (χ4v) is 3.33. The molecule has 2 aliphatic heterocycles. The van der Waals surface area contributed by atoms with Gasteiger partial charge in [-0.25, -0.2) is 0 Å². The average molecular weight is 261 g/mol. The monoisotopic (exact) mass is 261 g/mol. The summed E-state index contributed by atoms with van der Waals surface area (Å²) >= 11 is 0. The zero-order chi connectivity index (χ0) is 13.2. The van der Waals surface area contributed by atoms with Crippen LogP contribution in [0.2, 0.25) is 0 Å². The second-order valence-corrected chi connectivity index (χ2v) is 5.75. The van der Waals surface area contributed by atoms with Crippen LogP contribution in [0.15, 0.2) is 18.3 Å². The van der Waals surface area contributed by atoms with Gasteiger partial charge in [0, 0.05) is 37.9 Å². The number of piperazine rings is 1. The highest BCUT2D eigenvalue weighted by molar-refractivity contribution is 5.41. The molecule has 2 saturated heterocycles. The molecule has 5 nitrogen and oxygen atoms in total. The number of hydrogen-bond donors (Lipinski definition) is 2. The molecule has 2 unspecified atom stereocenters. The summed E-state index contributed by atoms with van der Waals surface area (Å²) in [4.78, 5) is 9.65. The van der Waals surface area contributed by atoms with Gasteiger partial charge in [-0.1, -0.05) is 0 Å². The van der Waals surface area contributed by atoms with E-state index in [9.17, 15) is 0 Å². The lowest BCUT2D eigenvalue weighted by Gasteiger charge is -2.42. The third-order valence-corrected chi connectivity index (χ3v) is 4.41. The second-order valence-electron chi connectivity index (χ2n) is 5.75. The minimum atomic E-state index is 0.602. The maximum Gasteiger partial charge on any atom is 0.0565 e. The third-order valence-electron chi connectivity index (χ3n) is 4.41. The summed E-state index contributed by atoms with van der Waals surface area (Å²) in [6.45, 7) is 6.89. The fraction of sp³-hybridized carbons (Fsp3) is 0.643. The molecule has 3 rings (SSSR count). The molecule has 0 amide bonds. The highest BCUT2D eigenvalue weighted by Crippen LogP contribution is 2.25. The third kappa shape index (κ3) is 2.73. The normalized spacial score (nSPS) is 28.3. The summed E-state index contributed by atoms with van der Waals surface area (Å²) in [6, 6.07) is 5.29. The van der Waals surface area contributed by atoms with Crippen molar-refractivity contribution < 1.29 is 0 Å². The number of pyridine rings is 1. The molecule has 0 spiro atoms. The van der Waals surface area contributed by atoms with Crippen molar-refractivity contribution in [2.45, 2.75) is 38.4 Å².